The second-order valence-electron chi connectivity index (χ2n) is 4.20. The van der Waals surface area contributed by atoms with Crippen molar-refractivity contribution in [3.05, 3.63) is 0 Å². The molecule has 3 N–H and O–H groups in total. The van der Waals surface area contributed by atoms with Crippen LogP contribution in [0.1, 0.15) is 19.8 Å². The summed E-state index contributed by atoms with van der Waals surface area (Å²) in [6.07, 6.45) is 0.730. The topological polar surface area (TPSA) is 82.0 Å². The summed E-state index contributed by atoms with van der Waals surface area (Å²) in [7, 11) is 0. The van der Waals surface area contributed by atoms with Crippen molar-refractivity contribution in [1.82, 2.24) is 10.2 Å². The maximum Gasteiger partial charge on any atom is 0.409 e. The number of aliphatic hydroxyl groups excluding tert-OH is 2. The third-order valence-electron chi connectivity index (χ3n) is 2.87. The lowest BCUT2D eigenvalue weighted by Gasteiger charge is -2.32. The molecule has 1 amide bonds. The molecule has 0 radical (unpaired) electrons. The molecule has 1 heterocycles. The van der Waals surface area contributed by atoms with Gasteiger partial charge in [0.25, 0.3) is 0 Å². The van der Waals surface area contributed by atoms with E-state index in [0.29, 0.717) is 32.3 Å². The Hall–Kier alpha value is -0.850. The van der Waals surface area contributed by atoms with Gasteiger partial charge in [-0.05, 0) is 19.8 Å². The Bertz CT molecular complexity index is 230. The Morgan fingerprint density at radius 2 is 2.18 bits per heavy atom. The molecule has 0 unspecified atom stereocenters. The number of likely N-dealkylation sites (tertiary alicyclic amines) is 1. The van der Waals surface area contributed by atoms with Crippen LogP contribution in [0.25, 0.3) is 0 Å². The van der Waals surface area contributed by atoms with E-state index in [4.69, 9.17) is 9.84 Å². The zero-order chi connectivity index (χ0) is 12.7. The lowest BCUT2D eigenvalue weighted by molar-refractivity contribution is 0.0810. The van der Waals surface area contributed by atoms with Crippen LogP contribution < -0.4 is 5.32 Å². The first-order chi connectivity index (χ1) is 8.17. The van der Waals surface area contributed by atoms with Crippen LogP contribution in [-0.4, -0.2) is 66.2 Å². The minimum Gasteiger partial charge on any atom is -0.450 e. The summed E-state index contributed by atoms with van der Waals surface area (Å²) in [6.45, 7) is 3.70. The summed E-state index contributed by atoms with van der Waals surface area (Å²) in [5.41, 5.74) is 0. The van der Waals surface area contributed by atoms with Gasteiger partial charge in [-0.15, -0.1) is 0 Å². The molecule has 0 aromatic rings. The minimum atomic E-state index is -0.710. The highest BCUT2D eigenvalue weighted by Gasteiger charge is 2.23. The van der Waals surface area contributed by atoms with Gasteiger partial charge in [0.2, 0.25) is 0 Å². The van der Waals surface area contributed by atoms with Crippen LogP contribution in [0.2, 0.25) is 0 Å². The molecular formula is C11H22N2O4. The highest BCUT2D eigenvalue weighted by atomic mass is 16.6. The fourth-order valence-electron chi connectivity index (χ4n) is 1.85. The zero-order valence-corrected chi connectivity index (χ0v) is 10.3. The molecule has 6 heteroatoms. The number of ether oxygens (including phenoxy) is 1. The molecule has 1 aliphatic rings. The van der Waals surface area contributed by atoms with Crippen molar-refractivity contribution in [3.8, 4) is 0 Å². The first-order valence-corrected chi connectivity index (χ1v) is 6.11. The molecule has 1 saturated heterocycles. The Kier molecular flexibility index (Phi) is 6.25. The van der Waals surface area contributed by atoms with Gasteiger partial charge in [0.05, 0.1) is 19.3 Å². The Labute approximate surface area is 102 Å². The number of carbonyl (C=O) groups is 1. The van der Waals surface area contributed by atoms with Crippen LogP contribution in [0.3, 0.4) is 0 Å². The van der Waals surface area contributed by atoms with Gasteiger partial charge in [0.15, 0.2) is 0 Å². The van der Waals surface area contributed by atoms with Crippen molar-refractivity contribution >= 4 is 6.09 Å². The predicted molar refractivity (Wildman–Crippen MR) is 62.7 cm³/mol. The summed E-state index contributed by atoms with van der Waals surface area (Å²) < 4.78 is 4.93. The second-order valence-corrected chi connectivity index (χ2v) is 4.20. The van der Waals surface area contributed by atoms with Crippen molar-refractivity contribution in [3.63, 3.8) is 0 Å². The van der Waals surface area contributed by atoms with Crippen LogP contribution in [0.15, 0.2) is 0 Å². The predicted octanol–water partition coefficient (Wildman–Crippen LogP) is -0.450. The Balaban J connectivity index is 2.19. The van der Waals surface area contributed by atoms with Gasteiger partial charge in [-0.3, -0.25) is 0 Å². The van der Waals surface area contributed by atoms with E-state index in [1.165, 1.54) is 0 Å². The average molecular weight is 246 g/mol. The number of hydrogen-bond donors (Lipinski definition) is 3. The van der Waals surface area contributed by atoms with Crippen molar-refractivity contribution in [2.45, 2.75) is 31.9 Å². The zero-order valence-electron chi connectivity index (χ0n) is 10.3. The molecule has 0 aliphatic carbocycles. The molecule has 17 heavy (non-hydrogen) atoms. The number of rotatable bonds is 5. The van der Waals surface area contributed by atoms with E-state index in [2.05, 4.69) is 5.32 Å². The number of nitrogens with one attached hydrogen (secondary N) is 1. The van der Waals surface area contributed by atoms with Crippen molar-refractivity contribution < 1.29 is 19.7 Å². The molecule has 1 fully saturated rings. The van der Waals surface area contributed by atoms with E-state index < -0.39 is 6.10 Å². The van der Waals surface area contributed by atoms with E-state index in [-0.39, 0.29) is 12.7 Å². The maximum absolute atomic E-state index is 11.4. The van der Waals surface area contributed by atoms with Gasteiger partial charge < -0.3 is 25.2 Å². The number of nitrogens with zero attached hydrogens (tertiary/aromatic N) is 1. The van der Waals surface area contributed by atoms with E-state index in [0.717, 1.165) is 12.8 Å². The van der Waals surface area contributed by atoms with Gasteiger partial charge in [-0.1, -0.05) is 0 Å². The molecule has 0 bridgehead atoms. The van der Waals surface area contributed by atoms with Crippen molar-refractivity contribution in [2.75, 3.05) is 32.8 Å². The van der Waals surface area contributed by atoms with E-state index >= 15 is 0 Å². The SMILES string of the molecule is CCOC(=O)N1CCC(NC[C@H](O)CO)CC1. The molecule has 0 aromatic carbocycles. The fourth-order valence-corrected chi connectivity index (χ4v) is 1.85. The van der Waals surface area contributed by atoms with Crippen LogP contribution in [-0.2, 0) is 4.74 Å². The third-order valence-corrected chi connectivity index (χ3v) is 2.87. The first-order valence-electron chi connectivity index (χ1n) is 6.11. The van der Waals surface area contributed by atoms with E-state index in [1.54, 1.807) is 11.8 Å². The first kappa shape index (κ1) is 14.2. The monoisotopic (exact) mass is 246 g/mol. The van der Waals surface area contributed by atoms with Gasteiger partial charge in [-0.2, -0.15) is 0 Å². The lowest BCUT2D eigenvalue weighted by atomic mass is 10.1. The Morgan fingerprint density at radius 1 is 1.53 bits per heavy atom. The van der Waals surface area contributed by atoms with Crippen LogP contribution >= 0.6 is 0 Å². The largest absolute Gasteiger partial charge is 0.450 e. The van der Waals surface area contributed by atoms with Gasteiger partial charge in [0.1, 0.15) is 0 Å². The molecule has 1 atom stereocenters. The van der Waals surface area contributed by atoms with E-state index in [1.807, 2.05) is 0 Å². The van der Waals surface area contributed by atoms with Crippen LogP contribution in [0.5, 0.6) is 0 Å². The third kappa shape index (κ3) is 4.89. The molecular weight excluding hydrogens is 224 g/mol. The minimum absolute atomic E-state index is 0.228. The van der Waals surface area contributed by atoms with Crippen LogP contribution in [0.4, 0.5) is 4.79 Å². The maximum atomic E-state index is 11.4. The smallest absolute Gasteiger partial charge is 0.409 e. The van der Waals surface area contributed by atoms with Crippen LogP contribution in [0, 0.1) is 0 Å². The number of carbonyl (C=O) groups excluding carboxylic acids is 1. The quantitative estimate of drug-likeness (QED) is 0.612. The summed E-state index contributed by atoms with van der Waals surface area (Å²) in [4.78, 5) is 13.1. The second kappa shape index (κ2) is 7.47. The van der Waals surface area contributed by atoms with Crippen molar-refractivity contribution in [1.29, 1.82) is 0 Å². The average Bonchev–Trinajstić information content (AvgIpc) is 2.36. The van der Waals surface area contributed by atoms with Gasteiger partial charge in [0, 0.05) is 25.7 Å². The molecule has 0 aromatic heterocycles. The summed E-state index contributed by atoms with van der Waals surface area (Å²) in [5.74, 6) is 0. The molecule has 0 spiro atoms. The molecule has 6 nitrogen and oxygen atoms in total. The molecule has 0 saturated carbocycles. The van der Waals surface area contributed by atoms with Gasteiger partial charge in [-0.25, -0.2) is 4.79 Å². The highest BCUT2D eigenvalue weighted by molar-refractivity contribution is 5.67. The summed E-state index contributed by atoms with van der Waals surface area (Å²) in [5, 5.41) is 21.1. The normalized spacial score (nSPS) is 19.1. The van der Waals surface area contributed by atoms with E-state index in [9.17, 15) is 9.90 Å². The van der Waals surface area contributed by atoms with Crippen molar-refractivity contribution in [2.24, 2.45) is 0 Å². The lowest BCUT2D eigenvalue weighted by Crippen LogP contribution is -2.47. The molecule has 1 aliphatic heterocycles. The summed E-state index contributed by atoms with van der Waals surface area (Å²) >= 11 is 0. The number of aliphatic hydroxyl groups is 2. The standard InChI is InChI=1S/C11H22N2O4/c1-2-17-11(16)13-5-3-9(4-6-13)12-7-10(15)8-14/h9-10,12,14-15H,2-8H2,1H3/t10-/m0/s1. The summed E-state index contributed by atoms with van der Waals surface area (Å²) in [6, 6.07) is 0.293. The molecule has 1 rings (SSSR count). The number of piperidine rings is 1. The molecule has 100 valence electrons. The fraction of sp³-hybridized carbons (Fsp3) is 0.909. The van der Waals surface area contributed by atoms with Gasteiger partial charge >= 0.3 is 6.09 Å². The number of hydrogen-bond acceptors (Lipinski definition) is 5. The Morgan fingerprint density at radius 3 is 2.71 bits per heavy atom. The number of amides is 1. The highest BCUT2D eigenvalue weighted by Crippen LogP contribution is 2.11.